The van der Waals surface area contributed by atoms with Crippen LogP contribution in [0.2, 0.25) is 0 Å². The van der Waals surface area contributed by atoms with Gasteiger partial charge in [-0.15, -0.1) is 0 Å². The van der Waals surface area contributed by atoms with Crippen molar-refractivity contribution in [2.24, 2.45) is 5.73 Å². The largest absolute Gasteiger partial charge is 0.490 e. The Balaban J connectivity index is 2.71. The Hall–Kier alpha value is -1.54. The third-order valence-electron chi connectivity index (χ3n) is 2.36. The van der Waals surface area contributed by atoms with Gasteiger partial charge in [-0.05, 0) is 31.5 Å². The van der Waals surface area contributed by atoms with Gasteiger partial charge in [-0.1, -0.05) is 36.4 Å². The van der Waals surface area contributed by atoms with Gasteiger partial charge in [0, 0.05) is 6.04 Å². The Bertz CT molecular complexity index is 363. The molecule has 0 aliphatic rings. The molecule has 0 aromatic heterocycles. The van der Waals surface area contributed by atoms with E-state index < -0.39 is 0 Å². The maximum atomic E-state index is 5.78. The van der Waals surface area contributed by atoms with E-state index in [0.29, 0.717) is 6.61 Å². The predicted octanol–water partition coefficient (Wildman–Crippen LogP) is 3.00. The van der Waals surface area contributed by atoms with E-state index in [1.54, 1.807) is 6.08 Å². The second-order valence-electron chi connectivity index (χ2n) is 3.85. The van der Waals surface area contributed by atoms with Crippen LogP contribution in [0.4, 0.5) is 0 Å². The average Bonchev–Trinajstić information content (AvgIpc) is 2.28. The third kappa shape index (κ3) is 3.91. The highest BCUT2D eigenvalue weighted by molar-refractivity contribution is 5.54. The monoisotopic (exact) mass is 217 g/mol. The van der Waals surface area contributed by atoms with E-state index in [-0.39, 0.29) is 6.04 Å². The van der Waals surface area contributed by atoms with Crippen molar-refractivity contribution in [2.45, 2.75) is 19.9 Å². The Morgan fingerprint density at radius 1 is 1.44 bits per heavy atom. The van der Waals surface area contributed by atoms with E-state index in [2.05, 4.69) is 12.7 Å². The Morgan fingerprint density at radius 3 is 2.56 bits per heavy atom. The molecule has 0 aliphatic carbocycles. The van der Waals surface area contributed by atoms with Crippen LogP contribution in [-0.2, 0) is 0 Å². The van der Waals surface area contributed by atoms with Crippen LogP contribution in [0.3, 0.4) is 0 Å². The van der Waals surface area contributed by atoms with Crippen LogP contribution in [-0.4, -0.2) is 12.6 Å². The molecule has 1 aromatic carbocycles. The summed E-state index contributed by atoms with van der Waals surface area (Å²) in [5.74, 6) is 0.857. The first-order valence-electron chi connectivity index (χ1n) is 5.41. The summed E-state index contributed by atoms with van der Waals surface area (Å²) in [6, 6.07) is 8.03. The van der Waals surface area contributed by atoms with Gasteiger partial charge in [0.1, 0.15) is 12.4 Å². The van der Waals surface area contributed by atoms with Crippen LogP contribution in [0.15, 0.2) is 42.5 Å². The Morgan fingerprint density at radius 2 is 2.06 bits per heavy atom. The zero-order valence-electron chi connectivity index (χ0n) is 9.94. The first kappa shape index (κ1) is 12.5. The standard InChI is InChI=1S/C14H19NO/c1-4-9-16-14-7-5-13(6-8-14)10-11(2)12(3)15/h4-8,10,12H,1,9,15H2,2-3H3/b11-10+. The van der Waals surface area contributed by atoms with Crippen LogP contribution in [0.5, 0.6) is 5.75 Å². The van der Waals surface area contributed by atoms with E-state index in [1.165, 1.54) is 5.57 Å². The number of benzene rings is 1. The van der Waals surface area contributed by atoms with Gasteiger partial charge in [0.25, 0.3) is 0 Å². The molecule has 1 rings (SSSR count). The summed E-state index contributed by atoms with van der Waals surface area (Å²) in [5, 5.41) is 0. The number of nitrogens with two attached hydrogens (primary N) is 1. The van der Waals surface area contributed by atoms with Crippen LogP contribution in [0.25, 0.3) is 6.08 Å². The average molecular weight is 217 g/mol. The Labute approximate surface area is 97.4 Å². The molecule has 0 bridgehead atoms. The predicted molar refractivity (Wildman–Crippen MR) is 69.4 cm³/mol. The highest BCUT2D eigenvalue weighted by atomic mass is 16.5. The summed E-state index contributed by atoms with van der Waals surface area (Å²) in [5.41, 5.74) is 8.08. The quantitative estimate of drug-likeness (QED) is 0.769. The number of hydrogen-bond donors (Lipinski definition) is 1. The lowest BCUT2D eigenvalue weighted by Gasteiger charge is -2.06. The molecule has 0 spiro atoms. The van der Waals surface area contributed by atoms with Gasteiger partial charge < -0.3 is 10.5 Å². The molecule has 0 amide bonds. The lowest BCUT2D eigenvalue weighted by molar-refractivity contribution is 0.363. The normalized spacial score (nSPS) is 13.3. The topological polar surface area (TPSA) is 35.2 Å². The molecular formula is C14H19NO. The van der Waals surface area contributed by atoms with E-state index in [1.807, 2.05) is 38.1 Å². The first-order chi connectivity index (χ1) is 7.63. The van der Waals surface area contributed by atoms with Gasteiger partial charge in [-0.3, -0.25) is 0 Å². The smallest absolute Gasteiger partial charge is 0.119 e. The summed E-state index contributed by atoms with van der Waals surface area (Å²) >= 11 is 0. The summed E-state index contributed by atoms with van der Waals surface area (Å²) in [7, 11) is 0. The fourth-order valence-electron chi connectivity index (χ4n) is 1.21. The number of rotatable bonds is 5. The van der Waals surface area contributed by atoms with Crippen molar-refractivity contribution in [3.05, 3.63) is 48.1 Å². The van der Waals surface area contributed by atoms with Crippen molar-refractivity contribution < 1.29 is 4.74 Å². The van der Waals surface area contributed by atoms with E-state index in [9.17, 15) is 0 Å². The van der Waals surface area contributed by atoms with Gasteiger partial charge in [0.15, 0.2) is 0 Å². The summed E-state index contributed by atoms with van der Waals surface area (Å²) < 4.78 is 5.40. The molecule has 86 valence electrons. The maximum absolute atomic E-state index is 5.78. The highest BCUT2D eigenvalue weighted by Crippen LogP contribution is 2.15. The van der Waals surface area contributed by atoms with Crippen molar-refractivity contribution in [1.29, 1.82) is 0 Å². The molecule has 2 heteroatoms. The third-order valence-corrected chi connectivity index (χ3v) is 2.36. The van der Waals surface area contributed by atoms with Crippen molar-refractivity contribution >= 4 is 6.08 Å². The molecule has 0 radical (unpaired) electrons. The van der Waals surface area contributed by atoms with Gasteiger partial charge in [-0.2, -0.15) is 0 Å². The Kier molecular flexibility index (Phi) is 4.80. The van der Waals surface area contributed by atoms with Crippen LogP contribution >= 0.6 is 0 Å². The molecular weight excluding hydrogens is 198 g/mol. The minimum Gasteiger partial charge on any atom is -0.490 e. The maximum Gasteiger partial charge on any atom is 0.119 e. The molecule has 0 saturated carbocycles. The second kappa shape index (κ2) is 6.13. The van der Waals surface area contributed by atoms with E-state index >= 15 is 0 Å². The van der Waals surface area contributed by atoms with Gasteiger partial charge in [0.2, 0.25) is 0 Å². The second-order valence-corrected chi connectivity index (χ2v) is 3.85. The summed E-state index contributed by atoms with van der Waals surface area (Å²) in [6.45, 7) is 8.15. The van der Waals surface area contributed by atoms with Crippen molar-refractivity contribution in [1.82, 2.24) is 0 Å². The van der Waals surface area contributed by atoms with Crippen molar-refractivity contribution in [3.63, 3.8) is 0 Å². The molecule has 0 heterocycles. The lowest BCUT2D eigenvalue weighted by atomic mass is 10.1. The zero-order valence-corrected chi connectivity index (χ0v) is 9.94. The van der Waals surface area contributed by atoms with Crippen LogP contribution < -0.4 is 10.5 Å². The van der Waals surface area contributed by atoms with E-state index in [4.69, 9.17) is 10.5 Å². The number of ether oxygens (including phenoxy) is 1. The fraction of sp³-hybridized carbons (Fsp3) is 0.286. The highest BCUT2D eigenvalue weighted by Gasteiger charge is 1.97. The molecule has 1 atom stereocenters. The SMILES string of the molecule is C=CCOc1ccc(/C=C(\C)C(C)N)cc1. The molecule has 0 aliphatic heterocycles. The molecule has 2 N–H and O–H groups in total. The summed E-state index contributed by atoms with van der Waals surface area (Å²) in [4.78, 5) is 0. The minimum absolute atomic E-state index is 0.0942. The minimum atomic E-state index is 0.0942. The molecule has 0 fully saturated rings. The molecule has 16 heavy (non-hydrogen) atoms. The van der Waals surface area contributed by atoms with E-state index in [0.717, 1.165) is 11.3 Å². The van der Waals surface area contributed by atoms with Crippen LogP contribution in [0, 0.1) is 0 Å². The summed E-state index contributed by atoms with van der Waals surface area (Å²) in [6.07, 6.45) is 3.82. The molecule has 1 unspecified atom stereocenters. The molecule has 2 nitrogen and oxygen atoms in total. The van der Waals surface area contributed by atoms with Crippen LogP contribution in [0.1, 0.15) is 19.4 Å². The van der Waals surface area contributed by atoms with Gasteiger partial charge in [0.05, 0.1) is 0 Å². The fourth-order valence-corrected chi connectivity index (χ4v) is 1.21. The van der Waals surface area contributed by atoms with Crippen molar-refractivity contribution in [2.75, 3.05) is 6.61 Å². The molecule has 0 saturated heterocycles. The van der Waals surface area contributed by atoms with Crippen molar-refractivity contribution in [3.8, 4) is 5.75 Å². The van der Waals surface area contributed by atoms with Gasteiger partial charge in [-0.25, -0.2) is 0 Å². The van der Waals surface area contributed by atoms with Gasteiger partial charge >= 0.3 is 0 Å². The number of hydrogen-bond acceptors (Lipinski definition) is 2. The zero-order chi connectivity index (χ0) is 12.0. The molecule has 1 aromatic rings. The first-order valence-corrected chi connectivity index (χ1v) is 5.41. The lowest BCUT2D eigenvalue weighted by Crippen LogP contribution is -2.15.